The molecular weight excluding hydrogens is 204 g/mol. The molecule has 0 aromatic heterocycles. The number of aliphatic hydroxyl groups is 1. The standard InChI is InChI=1S/C12H26N2O2/c1-9(5-12(4,15)8-13)14-6-11(3)16-7-10(14)2/h9-11,15H,5-8,13H2,1-4H3. The van der Waals surface area contributed by atoms with Crippen LogP contribution in [0.3, 0.4) is 0 Å². The molecule has 96 valence electrons. The summed E-state index contributed by atoms with van der Waals surface area (Å²) in [7, 11) is 0. The highest BCUT2D eigenvalue weighted by atomic mass is 16.5. The molecule has 0 amide bonds. The summed E-state index contributed by atoms with van der Waals surface area (Å²) in [5, 5.41) is 9.99. The maximum atomic E-state index is 9.99. The smallest absolute Gasteiger partial charge is 0.0756 e. The molecule has 1 aliphatic heterocycles. The maximum Gasteiger partial charge on any atom is 0.0756 e. The fourth-order valence-electron chi connectivity index (χ4n) is 2.38. The SMILES string of the molecule is CC1CN(C(C)CC(C)(O)CN)C(C)CO1. The molecule has 1 heterocycles. The van der Waals surface area contributed by atoms with Crippen molar-refractivity contribution in [3.8, 4) is 0 Å². The van der Waals surface area contributed by atoms with Crippen molar-refractivity contribution in [2.75, 3.05) is 19.7 Å². The first-order valence-electron chi connectivity index (χ1n) is 6.15. The largest absolute Gasteiger partial charge is 0.389 e. The van der Waals surface area contributed by atoms with Crippen LogP contribution in [0.2, 0.25) is 0 Å². The molecule has 1 aliphatic rings. The summed E-state index contributed by atoms with van der Waals surface area (Å²) in [5.41, 5.74) is 4.79. The van der Waals surface area contributed by atoms with Crippen molar-refractivity contribution in [1.29, 1.82) is 0 Å². The molecule has 1 saturated heterocycles. The topological polar surface area (TPSA) is 58.7 Å². The summed E-state index contributed by atoms with van der Waals surface area (Å²) in [4.78, 5) is 2.40. The Morgan fingerprint density at radius 2 is 2.19 bits per heavy atom. The fourth-order valence-corrected chi connectivity index (χ4v) is 2.38. The summed E-state index contributed by atoms with van der Waals surface area (Å²) >= 11 is 0. The third-order valence-electron chi connectivity index (χ3n) is 3.40. The second kappa shape index (κ2) is 5.45. The highest BCUT2D eigenvalue weighted by molar-refractivity contribution is 4.85. The first-order valence-corrected chi connectivity index (χ1v) is 6.15. The normalized spacial score (nSPS) is 33.4. The van der Waals surface area contributed by atoms with Crippen molar-refractivity contribution < 1.29 is 9.84 Å². The van der Waals surface area contributed by atoms with Crippen molar-refractivity contribution in [3.05, 3.63) is 0 Å². The Morgan fingerprint density at radius 1 is 1.56 bits per heavy atom. The van der Waals surface area contributed by atoms with Crippen LogP contribution in [0.1, 0.15) is 34.1 Å². The van der Waals surface area contributed by atoms with Crippen LogP contribution in [0.5, 0.6) is 0 Å². The quantitative estimate of drug-likeness (QED) is 0.742. The lowest BCUT2D eigenvalue weighted by Gasteiger charge is -2.42. The van der Waals surface area contributed by atoms with E-state index in [2.05, 4.69) is 25.7 Å². The Bertz CT molecular complexity index is 221. The minimum Gasteiger partial charge on any atom is -0.389 e. The van der Waals surface area contributed by atoms with E-state index >= 15 is 0 Å². The molecule has 0 aromatic carbocycles. The van der Waals surface area contributed by atoms with Gasteiger partial charge in [0.15, 0.2) is 0 Å². The molecule has 4 heteroatoms. The van der Waals surface area contributed by atoms with E-state index in [-0.39, 0.29) is 6.10 Å². The van der Waals surface area contributed by atoms with Gasteiger partial charge in [0.25, 0.3) is 0 Å². The minimum absolute atomic E-state index is 0.279. The molecule has 0 bridgehead atoms. The maximum absolute atomic E-state index is 9.99. The molecule has 4 unspecified atom stereocenters. The van der Waals surface area contributed by atoms with Gasteiger partial charge < -0.3 is 15.6 Å². The molecular formula is C12H26N2O2. The predicted molar refractivity (Wildman–Crippen MR) is 65.3 cm³/mol. The molecule has 16 heavy (non-hydrogen) atoms. The number of nitrogens with zero attached hydrogens (tertiary/aromatic N) is 1. The zero-order valence-corrected chi connectivity index (χ0v) is 10.9. The van der Waals surface area contributed by atoms with Gasteiger partial charge in [0.1, 0.15) is 0 Å². The van der Waals surface area contributed by atoms with Gasteiger partial charge in [0.2, 0.25) is 0 Å². The Labute approximate surface area is 98.8 Å². The van der Waals surface area contributed by atoms with Gasteiger partial charge in [-0.2, -0.15) is 0 Å². The number of rotatable bonds is 4. The van der Waals surface area contributed by atoms with Crippen molar-refractivity contribution in [3.63, 3.8) is 0 Å². The Kier molecular flexibility index (Phi) is 4.73. The van der Waals surface area contributed by atoms with Crippen LogP contribution in [0, 0.1) is 0 Å². The second-order valence-electron chi connectivity index (χ2n) is 5.44. The lowest BCUT2D eigenvalue weighted by Crippen LogP contribution is -2.53. The van der Waals surface area contributed by atoms with Gasteiger partial charge in [0.05, 0.1) is 18.3 Å². The van der Waals surface area contributed by atoms with Gasteiger partial charge in [-0.15, -0.1) is 0 Å². The van der Waals surface area contributed by atoms with Gasteiger partial charge in [-0.3, -0.25) is 4.90 Å². The highest BCUT2D eigenvalue weighted by Crippen LogP contribution is 2.20. The third kappa shape index (κ3) is 3.70. The van der Waals surface area contributed by atoms with Crippen molar-refractivity contribution >= 4 is 0 Å². The van der Waals surface area contributed by atoms with E-state index in [1.54, 1.807) is 6.92 Å². The number of morpholine rings is 1. The molecule has 0 saturated carbocycles. The summed E-state index contributed by atoms with van der Waals surface area (Å²) in [6.07, 6.45) is 0.988. The zero-order chi connectivity index (χ0) is 12.3. The first kappa shape index (κ1) is 13.9. The summed E-state index contributed by atoms with van der Waals surface area (Å²) in [5.74, 6) is 0. The average molecular weight is 230 g/mol. The molecule has 1 rings (SSSR count). The summed E-state index contributed by atoms with van der Waals surface area (Å²) in [6, 6.07) is 0.750. The number of hydrogen-bond donors (Lipinski definition) is 2. The molecule has 3 N–H and O–H groups in total. The fraction of sp³-hybridized carbons (Fsp3) is 1.00. The van der Waals surface area contributed by atoms with Crippen LogP contribution in [-0.4, -0.2) is 53.5 Å². The third-order valence-corrected chi connectivity index (χ3v) is 3.40. The number of nitrogens with two attached hydrogens (primary N) is 1. The molecule has 0 spiro atoms. The highest BCUT2D eigenvalue weighted by Gasteiger charge is 2.31. The van der Waals surface area contributed by atoms with Gasteiger partial charge in [-0.1, -0.05) is 0 Å². The number of hydrogen-bond acceptors (Lipinski definition) is 4. The van der Waals surface area contributed by atoms with Gasteiger partial charge in [-0.05, 0) is 34.1 Å². The Morgan fingerprint density at radius 3 is 2.75 bits per heavy atom. The second-order valence-corrected chi connectivity index (χ2v) is 5.44. The van der Waals surface area contributed by atoms with E-state index in [1.807, 2.05) is 0 Å². The molecule has 0 radical (unpaired) electrons. The van der Waals surface area contributed by atoms with E-state index < -0.39 is 5.60 Å². The first-order chi connectivity index (χ1) is 7.35. The monoisotopic (exact) mass is 230 g/mol. The van der Waals surface area contributed by atoms with Crippen LogP contribution >= 0.6 is 0 Å². The van der Waals surface area contributed by atoms with Crippen LogP contribution in [0.4, 0.5) is 0 Å². The van der Waals surface area contributed by atoms with E-state index in [1.165, 1.54) is 0 Å². The summed E-state index contributed by atoms with van der Waals surface area (Å²) in [6.45, 7) is 10.2. The van der Waals surface area contributed by atoms with E-state index in [9.17, 15) is 5.11 Å². The van der Waals surface area contributed by atoms with Crippen molar-refractivity contribution in [2.24, 2.45) is 5.73 Å². The average Bonchev–Trinajstić information content (AvgIpc) is 2.21. The van der Waals surface area contributed by atoms with E-state index in [4.69, 9.17) is 10.5 Å². The van der Waals surface area contributed by atoms with E-state index in [0.717, 1.165) is 13.2 Å². The van der Waals surface area contributed by atoms with Crippen molar-refractivity contribution in [2.45, 2.75) is 57.9 Å². The lowest BCUT2D eigenvalue weighted by atomic mass is 9.95. The Hall–Kier alpha value is -0.160. The van der Waals surface area contributed by atoms with Crippen LogP contribution < -0.4 is 5.73 Å². The predicted octanol–water partition coefficient (Wildman–Crippen LogP) is 0.584. The van der Waals surface area contributed by atoms with Crippen LogP contribution in [0.15, 0.2) is 0 Å². The van der Waals surface area contributed by atoms with Crippen LogP contribution in [-0.2, 0) is 4.74 Å². The zero-order valence-electron chi connectivity index (χ0n) is 10.9. The van der Waals surface area contributed by atoms with Gasteiger partial charge in [-0.25, -0.2) is 0 Å². The molecule has 0 aromatic rings. The molecule has 0 aliphatic carbocycles. The molecule has 4 nitrogen and oxygen atoms in total. The van der Waals surface area contributed by atoms with Crippen molar-refractivity contribution in [1.82, 2.24) is 4.90 Å². The minimum atomic E-state index is -0.763. The Balaban J connectivity index is 2.54. The lowest BCUT2D eigenvalue weighted by molar-refractivity contribution is -0.0758. The van der Waals surface area contributed by atoms with Crippen LogP contribution in [0.25, 0.3) is 0 Å². The van der Waals surface area contributed by atoms with Gasteiger partial charge >= 0.3 is 0 Å². The summed E-state index contributed by atoms with van der Waals surface area (Å²) < 4.78 is 5.60. The molecule has 1 fully saturated rings. The van der Waals surface area contributed by atoms with Gasteiger partial charge in [0, 0.05) is 25.2 Å². The van der Waals surface area contributed by atoms with E-state index in [0.29, 0.717) is 25.0 Å². The number of ether oxygens (including phenoxy) is 1. The molecule has 4 atom stereocenters.